The van der Waals surface area contributed by atoms with Gasteiger partial charge in [0.25, 0.3) is 0 Å². The fraction of sp³-hybridized carbons (Fsp3) is 0.500. The lowest BCUT2D eigenvalue weighted by molar-refractivity contribution is -0.143. The van der Waals surface area contributed by atoms with Crippen molar-refractivity contribution in [1.29, 1.82) is 0 Å². The average molecular weight is 246 g/mol. The number of rotatable bonds is 3. The third kappa shape index (κ3) is 1.67. The van der Waals surface area contributed by atoms with Gasteiger partial charge in [-0.25, -0.2) is 0 Å². The van der Waals surface area contributed by atoms with Crippen LogP contribution in [0.3, 0.4) is 0 Å². The largest absolute Gasteiger partial charge is 0.468 e. The van der Waals surface area contributed by atoms with E-state index in [0.29, 0.717) is 5.02 Å². The molecule has 2 rings (SSSR count). The van der Waals surface area contributed by atoms with E-state index in [2.05, 4.69) is 4.74 Å². The number of ether oxygens (including phenoxy) is 1. The Balaban J connectivity index is 2.28. The van der Waals surface area contributed by atoms with Crippen LogP contribution in [0.4, 0.5) is 0 Å². The fourth-order valence-corrected chi connectivity index (χ4v) is 3.36. The standard InChI is InChI=1S/C10H12ClNO2S/c1-14-9(13)7(12)10(3-4-10)8-6(11)2-5-15-8/h2,5,7H,3-4,12H2,1H3. The van der Waals surface area contributed by atoms with Crippen LogP contribution in [-0.2, 0) is 14.9 Å². The molecule has 0 spiro atoms. The van der Waals surface area contributed by atoms with Crippen LogP contribution in [0.15, 0.2) is 11.4 Å². The Kier molecular flexibility index (Phi) is 2.75. The van der Waals surface area contributed by atoms with Gasteiger partial charge in [0.15, 0.2) is 0 Å². The van der Waals surface area contributed by atoms with E-state index in [0.717, 1.165) is 17.7 Å². The zero-order valence-corrected chi connectivity index (χ0v) is 9.90. The molecule has 1 fully saturated rings. The van der Waals surface area contributed by atoms with Crippen LogP contribution in [0.2, 0.25) is 5.02 Å². The van der Waals surface area contributed by atoms with Crippen LogP contribution in [-0.4, -0.2) is 19.1 Å². The van der Waals surface area contributed by atoms with E-state index in [1.807, 2.05) is 11.4 Å². The minimum atomic E-state index is -0.598. The van der Waals surface area contributed by atoms with E-state index in [-0.39, 0.29) is 11.4 Å². The number of esters is 1. The summed E-state index contributed by atoms with van der Waals surface area (Å²) in [6.07, 6.45) is 1.81. The first kappa shape index (κ1) is 10.9. The zero-order valence-electron chi connectivity index (χ0n) is 8.33. The van der Waals surface area contributed by atoms with Gasteiger partial charge in [-0.3, -0.25) is 4.79 Å². The van der Waals surface area contributed by atoms with Gasteiger partial charge in [0.2, 0.25) is 0 Å². The molecular weight excluding hydrogens is 234 g/mol. The molecule has 1 aliphatic carbocycles. The summed E-state index contributed by atoms with van der Waals surface area (Å²) in [5.74, 6) is -0.364. The molecule has 0 aliphatic heterocycles. The Morgan fingerprint density at radius 3 is 2.80 bits per heavy atom. The van der Waals surface area contributed by atoms with Gasteiger partial charge in [-0.05, 0) is 24.3 Å². The quantitative estimate of drug-likeness (QED) is 0.828. The first-order chi connectivity index (χ1) is 7.12. The predicted molar refractivity (Wildman–Crippen MR) is 60.2 cm³/mol. The van der Waals surface area contributed by atoms with Gasteiger partial charge in [0.05, 0.1) is 12.1 Å². The molecule has 1 aromatic rings. The van der Waals surface area contributed by atoms with Gasteiger partial charge in [-0.1, -0.05) is 11.6 Å². The van der Waals surface area contributed by atoms with Gasteiger partial charge in [0, 0.05) is 10.3 Å². The van der Waals surface area contributed by atoms with Crippen LogP contribution in [0.25, 0.3) is 0 Å². The first-order valence-corrected chi connectivity index (χ1v) is 5.94. The lowest BCUT2D eigenvalue weighted by Crippen LogP contribution is -2.42. The maximum Gasteiger partial charge on any atom is 0.323 e. The van der Waals surface area contributed by atoms with Gasteiger partial charge in [0.1, 0.15) is 6.04 Å². The molecule has 1 aliphatic rings. The smallest absolute Gasteiger partial charge is 0.323 e. The molecule has 1 saturated carbocycles. The van der Waals surface area contributed by atoms with E-state index >= 15 is 0 Å². The topological polar surface area (TPSA) is 52.3 Å². The number of halogens is 1. The number of carbonyl (C=O) groups is 1. The van der Waals surface area contributed by atoms with Crippen molar-refractivity contribution in [2.24, 2.45) is 5.73 Å². The van der Waals surface area contributed by atoms with E-state index < -0.39 is 6.04 Å². The molecule has 1 atom stereocenters. The van der Waals surface area contributed by atoms with E-state index in [1.54, 1.807) is 11.3 Å². The normalized spacial score (nSPS) is 19.7. The molecule has 3 nitrogen and oxygen atoms in total. The second kappa shape index (κ2) is 3.77. The molecule has 0 radical (unpaired) electrons. The van der Waals surface area contributed by atoms with Crippen molar-refractivity contribution in [3.63, 3.8) is 0 Å². The third-order valence-electron chi connectivity index (χ3n) is 2.91. The summed E-state index contributed by atoms with van der Waals surface area (Å²) in [5, 5.41) is 2.62. The Labute approximate surface area is 97.2 Å². The number of hydrogen-bond donors (Lipinski definition) is 1. The number of hydrogen-bond acceptors (Lipinski definition) is 4. The summed E-state index contributed by atoms with van der Waals surface area (Å²) < 4.78 is 4.67. The molecule has 1 aromatic heterocycles. The van der Waals surface area contributed by atoms with Crippen LogP contribution in [0.1, 0.15) is 17.7 Å². The van der Waals surface area contributed by atoms with Crippen molar-refractivity contribution in [2.45, 2.75) is 24.3 Å². The molecule has 2 N–H and O–H groups in total. The monoisotopic (exact) mass is 245 g/mol. The first-order valence-electron chi connectivity index (χ1n) is 4.69. The molecule has 0 aromatic carbocycles. The second-order valence-corrected chi connectivity index (χ2v) is 5.08. The maximum absolute atomic E-state index is 11.4. The lowest BCUT2D eigenvalue weighted by Gasteiger charge is -2.20. The Hall–Kier alpha value is -0.580. The van der Waals surface area contributed by atoms with Crippen LogP contribution in [0, 0.1) is 0 Å². The molecule has 15 heavy (non-hydrogen) atoms. The summed E-state index contributed by atoms with van der Waals surface area (Å²) in [5.41, 5.74) is 5.64. The SMILES string of the molecule is COC(=O)C(N)C1(c2sccc2Cl)CC1. The van der Waals surface area contributed by atoms with Crippen molar-refractivity contribution in [1.82, 2.24) is 0 Å². The molecule has 0 saturated heterocycles. The Morgan fingerprint density at radius 1 is 1.73 bits per heavy atom. The minimum Gasteiger partial charge on any atom is -0.468 e. The Morgan fingerprint density at radius 2 is 2.40 bits per heavy atom. The third-order valence-corrected chi connectivity index (χ3v) is 4.47. The number of methoxy groups -OCH3 is 1. The highest BCUT2D eigenvalue weighted by molar-refractivity contribution is 7.10. The van der Waals surface area contributed by atoms with Crippen molar-refractivity contribution < 1.29 is 9.53 Å². The Bertz CT molecular complexity index is 387. The van der Waals surface area contributed by atoms with Gasteiger partial charge >= 0.3 is 5.97 Å². The molecule has 1 unspecified atom stereocenters. The van der Waals surface area contributed by atoms with Crippen LogP contribution >= 0.6 is 22.9 Å². The van der Waals surface area contributed by atoms with E-state index in [1.165, 1.54) is 7.11 Å². The van der Waals surface area contributed by atoms with Crippen LogP contribution in [0.5, 0.6) is 0 Å². The molecule has 0 bridgehead atoms. The van der Waals surface area contributed by atoms with E-state index in [4.69, 9.17) is 17.3 Å². The summed E-state index contributed by atoms with van der Waals surface area (Å²) in [7, 11) is 1.36. The predicted octanol–water partition coefficient (Wildman–Crippen LogP) is 1.93. The molecule has 1 heterocycles. The fourth-order valence-electron chi connectivity index (χ4n) is 1.82. The second-order valence-electron chi connectivity index (χ2n) is 3.75. The van der Waals surface area contributed by atoms with Crippen molar-refractivity contribution in [3.05, 3.63) is 21.3 Å². The summed E-state index contributed by atoms with van der Waals surface area (Å²) >= 11 is 7.61. The number of thiophene rings is 1. The molecular formula is C10H12ClNO2S. The van der Waals surface area contributed by atoms with Crippen molar-refractivity contribution >= 4 is 28.9 Å². The van der Waals surface area contributed by atoms with Crippen LogP contribution < -0.4 is 5.73 Å². The van der Waals surface area contributed by atoms with Crippen molar-refractivity contribution in [2.75, 3.05) is 7.11 Å². The summed E-state index contributed by atoms with van der Waals surface area (Å²) in [6, 6.07) is 1.24. The highest BCUT2D eigenvalue weighted by atomic mass is 35.5. The zero-order chi connectivity index (χ0) is 11.1. The lowest BCUT2D eigenvalue weighted by atomic mass is 9.95. The maximum atomic E-state index is 11.4. The van der Waals surface area contributed by atoms with E-state index in [9.17, 15) is 4.79 Å². The summed E-state index contributed by atoms with van der Waals surface area (Å²) in [6.45, 7) is 0. The van der Waals surface area contributed by atoms with Gasteiger partial charge < -0.3 is 10.5 Å². The molecule has 82 valence electrons. The number of nitrogens with two attached hydrogens (primary N) is 1. The number of carbonyl (C=O) groups excluding carboxylic acids is 1. The van der Waals surface area contributed by atoms with Gasteiger partial charge in [-0.2, -0.15) is 0 Å². The molecule has 5 heteroatoms. The molecule has 0 amide bonds. The van der Waals surface area contributed by atoms with Gasteiger partial charge in [-0.15, -0.1) is 11.3 Å². The highest BCUT2D eigenvalue weighted by Crippen LogP contribution is 2.54. The summed E-state index contributed by atoms with van der Waals surface area (Å²) in [4.78, 5) is 12.4. The average Bonchev–Trinajstić information content (AvgIpc) is 2.94. The van der Waals surface area contributed by atoms with Crippen molar-refractivity contribution in [3.8, 4) is 0 Å². The minimum absolute atomic E-state index is 0.266. The highest BCUT2D eigenvalue weighted by Gasteiger charge is 2.54.